The van der Waals surface area contributed by atoms with Gasteiger partial charge < -0.3 is 10.1 Å². The minimum Gasteiger partial charge on any atom is -0.480 e. The van der Waals surface area contributed by atoms with E-state index in [1.165, 1.54) is 11.1 Å². The zero-order valence-corrected chi connectivity index (χ0v) is 16.1. The van der Waals surface area contributed by atoms with E-state index in [4.69, 9.17) is 4.74 Å². The Morgan fingerprint density at radius 2 is 1.76 bits per heavy atom. The van der Waals surface area contributed by atoms with E-state index < -0.39 is 6.10 Å². The van der Waals surface area contributed by atoms with Gasteiger partial charge >= 0.3 is 0 Å². The van der Waals surface area contributed by atoms with Crippen molar-refractivity contribution in [3.63, 3.8) is 0 Å². The fourth-order valence-corrected chi connectivity index (χ4v) is 3.41. The molecule has 1 unspecified atom stereocenters. The molecule has 3 nitrogen and oxygen atoms in total. The number of thioether (sulfide) groups is 1. The summed E-state index contributed by atoms with van der Waals surface area (Å²) in [4.78, 5) is 12.3. The van der Waals surface area contributed by atoms with Gasteiger partial charge in [-0.15, -0.1) is 0 Å². The molecule has 134 valence electrons. The Morgan fingerprint density at radius 3 is 2.44 bits per heavy atom. The molecular formula is C21H27NO2S. The van der Waals surface area contributed by atoms with E-state index in [1.807, 2.05) is 49.9 Å². The molecule has 0 aliphatic rings. The van der Waals surface area contributed by atoms with Gasteiger partial charge in [-0.2, -0.15) is 11.8 Å². The van der Waals surface area contributed by atoms with Crippen molar-refractivity contribution in [2.24, 2.45) is 0 Å². The summed E-state index contributed by atoms with van der Waals surface area (Å²) in [6.07, 6.45) is 0.207. The molecule has 0 fully saturated rings. The summed E-state index contributed by atoms with van der Waals surface area (Å²) >= 11 is 1.83. The van der Waals surface area contributed by atoms with Crippen LogP contribution < -0.4 is 10.1 Å². The molecule has 0 aliphatic heterocycles. The third-order valence-corrected chi connectivity index (χ3v) is 5.10. The van der Waals surface area contributed by atoms with Gasteiger partial charge in [0.1, 0.15) is 5.75 Å². The molecule has 2 aromatic rings. The van der Waals surface area contributed by atoms with Crippen molar-refractivity contribution < 1.29 is 9.53 Å². The lowest BCUT2D eigenvalue weighted by Gasteiger charge is -2.18. The standard InChI is InChI=1S/C21H27NO2S/c1-4-19(24-20-12-8-6-10-17(20)3)21(23)22-13-14-25-15-18-11-7-5-9-16(18)2/h5-12,19H,4,13-15H2,1-3H3,(H,22,23). The third kappa shape index (κ3) is 6.13. The minimum atomic E-state index is -0.442. The maximum Gasteiger partial charge on any atom is 0.261 e. The van der Waals surface area contributed by atoms with Crippen LogP contribution >= 0.6 is 11.8 Å². The monoisotopic (exact) mass is 357 g/mol. The Balaban J connectivity index is 1.73. The lowest BCUT2D eigenvalue weighted by atomic mass is 10.1. The van der Waals surface area contributed by atoms with Crippen LogP contribution in [0.15, 0.2) is 48.5 Å². The van der Waals surface area contributed by atoms with Crippen molar-refractivity contribution in [3.8, 4) is 5.75 Å². The van der Waals surface area contributed by atoms with Crippen LogP contribution in [0.3, 0.4) is 0 Å². The number of rotatable bonds is 9. The maximum absolute atomic E-state index is 12.3. The maximum atomic E-state index is 12.3. The Labute approximate surface area is 155 Å². The molecule has 0 saturated carbocycles. The second kappa shape index (κ2) is 10.1. The largest absolute Gasteiger partial charge is 0.480 e. The van der Waals surface area contributed by atoms with Gasteiger partial charge in [0.15, 0.2) is 6.10 Å². The van der Waals surface area contributed by atoms with Gasteiger partial charge in [-0.3, -0.25) is 4.79 Å². The number of amides is 1. The molecule has 1 N–H and O–H groups in total. The zero-order valence-electron chi connectivity index (χ0n) is 15.2. The highest BCUT2D eigenvalue weighted by atomic mass is 32.2. The first-order chi connectivity index (χ1) is 12.1. The molecule has 2 rings (SSSR count). The van der Waals surface area contributed by atoms with Crippen LogP contribution in [0, 0.1) is 13.8 Å². The molecule has 0 saturated heterocycles. The third-order valence-electron chi connectivity index (χ3n) is 4.09. The summed E-state index contributed by atoms with van der Waals surface area (Å²) in [5, 5.41) is 2.99. The summed E-state index contributed by atoms with van der Waals surface area (Å²) in [6, 6.07) is 16.2. The van der Waals surface area contributed by atoms with E-state index in [-0.39, 0.29) is 5.91 Å². The average molecular weight is 358 g/mol. The van der Waals surface area contributed by atoms with Crippen molar-refractivity contribution >= 4 is 17.7 Å². The minimum absolute atomic E-state index is 0.0396. The average Bonchev–Trinajstić information content (AvgIpc) is 2.62. The van der Waals surface area contributed by atoms with E-state index in [9.17, 15) is 4.79 Å². The molecule has 0 aliphatic carbocycles. The van der Waals surface area contributed by atoms with Gasteiger partial charge in [0.05, 0.1) is 0 Å². The van der Waals surface area contributed by atoms with Gasteiger partial charge in [-0.25, -0.2) is 0 Å². The summed E-state index contributed by atoms with van der Waals surface area (Å²) in [7, 11) is 0. The Morgan fingerprint density at radius 1 is 1.08 bits per heavy atom. The highest BCUT2D eigenvalue weighted by Crippen LogP contribution is 2.19. The lowest BCUT2D eigenvalue weighted by Crippen LogP contribution is -2.39. The van der Waals surface area contributed by atoms with E-state index in [2.05, 4.69) is 36.5 Å². The van der Waals surface area contributed by atoms with Crippen LogP contribution in [0.25, 0.3) is 0 Å². The number of carbonyl (C=O) groups is 1. The van der Waals surface area contributed by atoms with Gasteiger partial charge in [0, 0.05) is 18.1 Å². The summed E-state index contributed by atoms with van der Waals surface area (Å²) < 4.78 is 5.88. The number of nitrogens with one attached hydrogen (secondary N) is 1. The Kier molecular flexibility index (Phi) is 7.86. The van der Waals surface area contributed by atoms with Crippen molar-refractivity contribution in [1.82, 2.24) is 5.32 Å². The first kappa shape index (κ1) is 19.4. The number of hydrogen-bond donors (Lipinski definition) is 1. The van der Waals surface area contributed by atoms with Crippen molar-refractivity contribution in [2.75, 3.05) is 12.3 Å². The summed E-state index contributed by atoms with van der Waals surface area (Å²) in [5.74, 6) is 2.60. The number of ether oxygens (including phenoxy) is 1. The van der Waals surface area contributed by atoms with E-state index in [0.29, 0.717) is 13.0 Å². The number of hydrogen-bond acceptors (Lipinski definition) is 3. The van der Waals surface area contributed by atoms with Gasteiger partial charge in [0.2, 0.25) is 0 Å². The van der Waals surface area contributed by atoms with E-state index in [0.717, 1.165) is 22.8 Å². The molecule has 0 radical (unpaired) electrons. The van der Waals surface area contributed by atoms with Crippen LogP contribution in [-0.2, 0) is 10.5 Å². The number of para-hydroxylation sites is 1. The molecule has 25 heavy (non-hydrogen) atoms. The molecule has 0 heterocycles. The van der Waals surface area contributed by atoms with Gasteiger partial charge in [-0.05, 0) is 43.0 Å². The fourth-order valence-electron chi connectivity index (χ4n) is 2.48. The Hall–Kier alpha value is -1.94. The second-order valence-corrected chi connectivity index (χ2v) is 7.16. The molecule has 0 spiro atoms. The van der Waals surface area contributed by atoms with Crippen molar-refractivity contribution in [2.45, 2.75) is 39.0 Å². The first-order valence-corrected chi connectivity index (χ1v) is 9.89. The molecule has 0 aromatic heterocycles. The highest BCUT2D eigenvalue weighted by Gasteiger charge is 2.18. The zero-order chi connectivity index (χ0) is 18.1. The van der Waals surface area contributed by atoms with E-state index >= 15 is 0 Å². The predicted octanol–water partition coefficient (Wildman–Crippen LogP) is 4.51. The highest BCUT2D eigenvalue weighted by molar-refractivity contribution is 7.98. The van der Waals surface area contributed by atoms with Gasteiger partial charge in [-0.1, -0.05) is 49.4 Å². The van der Waals surface area contributed by atoms with Crippen LogP contribution in [0.5, 0.6) is 5.75 Å². The van der Waals surface area contributed by atoms with E-state index in [1.54, 1.807) is 0 Å². The van der Waals surface area contributed by atoms with Gasteiger partial charge in [0.25, 0.3) is 5.91 Å². The molecule has 1 amide bonds. The quantitative estimate of drug-likeness (QED) is 0.671. The smallest absolute Gasteiger partial charge is 0.261 e. The predicted molar refractivity (Wildman–Crippen MR) is 106 cm³/mol. The van der Waals surface area contributed by atoms with Crippen LogP contribution in [0.2, 0.25) is 0 Å². The lowest BCUT2D eigenvalue weighted by molar-refractivity contribution is -0.128. The fraction of sp³-hybridized carbons (Fsp3) is 0.381. The Bertz CT molecular complexity index is 687. The van der Waals surface area contributed by atoms with Crippen molar-refractivity contribution in [1.29, 1.82) is 0 Å². The topological polar surface area (TPSA) is 38.3 Å². The van der Waals surface area contributed by atoms with Crippen LogP contribution in [-0.4, -0.2) is 24.3 Å². The number of aryl methyl sites for hydroxylation is 2. The van der Waals surface area contributed by atoms with Crippen LogP contribution in [0.1, 0.15) is 30.0 Å². The SMILES string of the molecule is CCC(Oc1ccccc1C)C(=O)NCCSCc1ccccc1C. The molecule has 0 bridgehead atoms. The number of carbonyl (C=O) groups excluding carboxylic acids is 1. The second-order valence-electron chi connectivity index (χ2n) is 6.05. The molecular weight excluding hydrogens is 330 g/mol. The van der Waals surface area contributed by atoms with Crippen molar-refractivity contribution in [3.05, 3.63) is 65.2 Å². The number of benzene rings is 2. The molecule has 1 atom stereocenters. The first-order valence-electron chi connectivity index (χ1n) is 8.74. The molecule has 2 aromatic carbocycles. The molecule has 4 heteroatoms. The normalized spacial score (nSPS) is 11.8. The van der Waals surface area contributed by atoms with Crippen LogP contribution in [0.4, 0.5) is 0 Å². The summed E-state index contributed by atoms with van der Waals surface area (Å²) in [5.41, 5.74) is 3.72. The summed E-state index contributed by atoms with van der Waals surface area (Å²) in [6.45, 7) is 6.74.